The molecule has 94 valence electrons. The highest BCUT2D eigenvalue weighted by Gasteiger charge is 2.21. The van der Waals surface area contributed by atoms with E-state index >= 15 is 0 Å². The van der Waals surface area contributed by atoms with Gasteiger partial charge in [0.25, 0.3) is 5.69 Å². The van der Waals surface area contributed by atoms with E-state index in [2.05, 4.69) is 0 Å². The summed E-state index contributed by atoms with van der Waals surface area (Å²) in [5.41, 5.74) is -0.129. The summed E-state index contributed by atoms with van der Waals surface area (Å²) in [6.07, 6.45) is -0.928. The Morgan fingerprint density at radius 3 is 2.82 bits per heavy atom. The van der Waals surface area contributed by atoms with Gasteiger partial charge in [-0.05, 0) is 6.92 Å². The van der Waals surface area contributed by atoms with Crippen LogP contribution in [0.15, 0.2) is 10.3 Å². The highest BCUT2D eigenvalue weighted by atomic mass is 32.2. The maximum Gasteiger partial charge on any atom is 0.294 e. The molecule has 1 rings (SSSR count). The van der Waals surface area contributed by atoms with Crippen molar-refractivity contribution >= 4 is 34.6 Å². The Labute approximate surface area is 105 Å². The van der Waals surface area contributed by atoms with Crippen molar-refractivity contribution in [3.05, 3.63) is 21.1 Å². The number of aliphatic hydroxyl groups is 2. The number of nitrogens with zero attached hydrogens (tertiary/aromatic N) is 1. The van der Waals surface area contributed by atoms with E-state index in [-0.39, 0.29) is 17.2 Å². The molecule has 0 radical (unpaired) electrons. The summed E-state index contributed by atoms with van der Waals surface area (Å²) in [7, 11) is 0. The molecule has 2 N–H and O–H groups in total. The second-order valence-electron chi connectivity index (χ2n) is 3.24. The third-order valence-corrected chi connectivity index (χ3v) is 4.49. The van der Waals surface area contributed by atoms with Crippen LogP contribution in [0.25, 0.3) is 0 Å². The van der Waals surface area contributed by atoms with Crippen molar-refractivity contribution in [3.8, 4) is 0 Å². The minimum atomic E-state index is -0.928. The van der Waals surface area contributed by atoms with Gasteiger partial charge in [0.2, 0.25) is 0 Å². The molecule has 1 atom stereocenters. The monoisotopic (exact) mass is 277 g/mol. The van der Waals surface area contributed by atoms with Crippen molar-refractivity contribution in [2.24, 2.45) is 0 Å². The zero-order valence-electron chi connectivity index (χ0n) is 8.95. The molecule has 0 fully saturated rings. The Kier molecular flexibility index (Phi) is 5.06. The summed E-state index contributed by atoms with van der Waals surface area (Å²) < 4.78 is 0.368. The number of Topliss-reactive ketones (excluding diaryl/α,β-unsaturated/α-hetero) is 1. The topological polar surface area (TPSA) is 101 Å². The molecule has 1 heterocycles. The van der Waals surface area contributed by atoms with Gasteiger partial charge in [0.15, 0.2) is 5.78 Å². The number of hydrogen-bond donors (Lipinski definition) is 2. The van der Waals surface area contributed by atoms with Crippen LogP contribution in [0.3, 0.4) is 0 Å². The fourth-order valence-electron chi connectivity index (χ4n) is 0.993. The van der Waals surface area contributed by atoms with Crippen LogP contribution in [0, 0.1) is 10.1 Å². The van der Waals surface area contributed by atoms with Gasteiger partial charge in [-0.3, -0.25) is 14.9 Å². The molecule has 0 aromatic carbocycles. The molecule has 0 saturated carbocycles. The Hall–Kier alpha value is -0.960. The number of ketones is 1. The number of carbonyl (C=O) groups is 1. The van der Waals surface area contributed by atoms with Crippen molar-refractivity contribution in [1.29, 1.82) is 0 Å². The number of thiophene rings is 1. The van der Waals surface area contributed by atoms with Crippen molar-refractivity contribution in [1.82, 2.24) is 0 Å². The molecule has 0 aliphatic rings. The Morgan fingerprint density at radius 1 is 1.71 bits per heavy atom. The molecule has 1 aromatic heterocycles. The lowest BCUT2D eigenvalue weighted by Gasteiger charge is -2.04. The standard InChI is InChI=1S/C9H11NO5S2/c1-5(12)8-2-7(10(14)15)9(17-8)16-4-6(13)3-11/h2,6,11,13H,3-4H2,1H3. The van der Waals surface area contributed by atoms with E-state index in [1.165, 1.54) is 13.0 Å². The highest BCUT2D eigenvalue weighted by Crippen LogP contribution is 2.37. The summed E-state index contributed by atoms with van der Waals surface area (Å²) in [4.78, 5) is 21.6. The summed E-state index contributed by atoms with van der Waals surface area (Å²) in [6.45, 7) is 0.943. The molecule has 8 heteroatoms. The Bertz CT molecular complexity index is 431. The van der Waals surface area contributed by atoms with E-state index in [0.717, 1.165) is 23.1 Å². The third-order valence-electron chi connectivity index (χ3n) is 1.84. The first-order valence-electron chi connectivity index (χ1n) is 4.66. The van der Waals surface area contributed by atoms with Gasteiger partial charge in [0, 0.05) is 11.8 Å². The van der Waals surface area contributed by atoms with E-state index in [1.807, 2.05) is 0 Å². The lowest BCUT2D eigenvalue weighted by molar-refractivity contribution is -0.387. The molecular formula is C9H11NO5S2. The number of carbonyl (C=O) groups excluding carboxylic acids is 1. The Balaban J connectivity index is 2.89. The number of nitro groups is 1. The highest BCUT2D eigenvalue weighted by molar-refractivity contribution is 8.01. The van der Waals surface area contributed by atoms with E-state index in [0.29, 0.717) is 9.09 Å². The van der Waals surface area contributed by atoms with Gasteiger partial charge in [-0.1, -0.05) is 0 Å². The minimum Gasteiger partial charge on any atom is -0.394 e. The van der Waals surface area contributed by atoms with Gasteiger partial charge in [0.1, 0.15) is 4.21 Å². The zero-order valence-corrected chi connectivity index (χ0v) is 10.6. The van der Waals surface area contributed by atoms with Crippen LogP contribution in [-0.4, -0.2) is 39.4 Å². The number of hydrogen-bond acceptors (Lipinski definition) is 7. The van der Waals surface area contributed by atoms with E-state index in [4.69, 9.17) is 10.2 Å². The average Bonchev–Trinajstić information content (AvgIpc) is 2.70. The van der Waals surface area contributed by atoms with Gasteiger partial charge >= 0.3 is 0 Å². The summed E-state index contributed by atoms with van der Waals surface area (Å²) >= 11 is 2.09. The normalized spacial score (nSPS) is 12.4. The van der Waals surface area contributed by atoms with Crippen molar-refractivity contribution in [2.75, 3.05) is 12.4 Å². The van der Waals surface area contributed by atoms with Crippen LogP contribution in [-0.2, 0) is 0 Å². The molecule has 0 saturated heterocycles. The van der Waals surface area contributed by atoms with Gasteiger partial charge < -0.3 is 10.2 Å². The molecule has 0 aliphatic heterocycles. The first-order chi connectivity index (χ1) is 7.95. The molecule has 17 heavy (non-hydrogen) atoms. The zero-order chi connectivity index (χ0) is 13.0. The van der Waals surface area contributed by atoms with E-state index < -0.39 is 17.6 Å². The first-order valence-corrected chi connectivity index (χ1v) is 6.46. The molecule has 0 bridgehead atoms. The van der Waals surface area contributed by atoms with Crippen LogP contribution in [0.5, 0.6) is 0 Å². The molecule has 0 aliphatic carbocycles. The summed E-state index contributed by atoms with van der Waals surface area (Å²) in [5, 5.41) is 28.5. The molecule has 1 unspecified atom stereocenters. The van der Waals surface area contributed by atoms with Crippen molar-refractivity contribution in [2.45, 2.75) is 17.2 Å². The van der Waals surface area contributed by atoms with Crippen LogP contribution in [0.2, 0.25) is 0 Å². The van der Waals surface area contributed by atoms with E-state index in [9.17, 15) is 14.9 Å². The SMILES string of the molecule is CC(=O)c1cc([N+](=O)[O-])c(SCC(O)CO)s1. The first kappa shape index (κ1) is 14.1. The average molecular weight is 277 g/mol. The van der Waals surface area contributed by atoms with Crippen LogP contribution >= 0.6 is 23.1 Å². The van der Waals surface area contributed by atoms with Crippen molar-refractivity contribution in [3.63, 3.8) is 0 Å². The second-order valence-corrected chi connectivity index (χ2v) is 5.58. The molecule has 6 nitrogen and oxygen atoms in total. The van der Waals surface area contributed by atoms with Gasteiger partial charge in [-0.2, -0.15) is 0 Å². The van der Waals surface area contributed by atoms with Gasteiger partial charge in [-0.25, -0.2) is 0 Å². The maximum atomic E-state index is 11.1. The fourth-order valence-corrected chi connectivity index (χ4v) is 3.19. The summed E-state index contributed by atoms with van der Waals surface area (Å²) in [6, 6.07) is 1.24. The number of rotatable bonds is 6. The maximum absolute atomic E-state index is 11.1. The molecule has 1 aromatic rings. The van der Waals surface area contributed by atoms with Crippen LogP contribution in [0.4, 0.5) is 5.69 Å². The quantitative estimate of drug-likeness (QED) is 0.352. The fraction of sp³-hybridized carbons (Fsp3) is 0.444. The number of thioether (sulfide) groups is 1. The Morgan fingerprint density at radius 2 is 2.35 bits per heavy atom. The second kappa shape index (κ2) is 6.10. The van der Waals surface area contributed by atoms with Crippen molar-refractivity contribution < 1.29 is 19.9 Å². The minimum absolute atomic E-state index is 0.129. The van der Waals surface area contributed by atoms with Crippen LogP contribution < -0.4 is 0 Å². The molecule has 0 amide bonds. The number of aliphatic hydroxyl groups excluding tert-OH is 2. The third kappa shape index (κ3) is 3.77. The predicted molar refractivity (Wildman–Crippen MR) is 64.8 cm³/mol. The molecular weight excluding hydrogens is 266 g/mol. The van der Waals surface area contributed by atoms with Gasteiger partial charge in [-0.15, -0.1) is 23.1 Å². The summed E-state index contributed by atoms with van der Waals surface area (Å²) in [5.74, 6) is -0.0810. The van der Waals surface area contributed by atoms with Crippen LogP contribution in [0.1, 0.15) is 16.6 Å². The van der Waals surface area contributed by atoms with Gasteiger partial charge in [0.05, 0.1) is 22.5 Å². The lowest BCUT2D eigenvalue weighted by Crippen LogP contribution is -2.14. The largest absolute Gasteiger partial charge is 0.394 e. The smallest absolute Gasteiger partial charge is 0.294 e. The van der Waals surface area contributed by atoms with E-state index in [1.54, 1.807) is 0 Å². The molecule has 0 spiro atoms. The predicted octanol–water partition coefficient (Wildman–Crippen LogP) is 1.30. The lowest BCUT2D eigenvalue weighted by atomic mass is 10.3.